The maximum absolute atomic E-state index is 12.3. The van der Waals surface area contributed by atoms with Crippen LogP contribution in [0.4, 0.5) is 5.69 Å². The number of amides is 1. The summed E-state index contributed by atoms with van der Waals surface area (Å²) in [4.78, 5) is 27.1. The largest absolute Gasteiger partial charge is 0.347 e. The van der Waals surface area contributed by atoms with Crippen LogP contribution in [-0.4, -0.2) is 35.6 Å². The van der Waals surface area contributed by atoms with Gasteiger partial charge in [-0.2, -0.15) is 10.2 Å². The summed E-state index contributed by atoms with van der Waals surface area (Å²) in [5.74, 6) is -0.335. The Kier molecular flexibility index (Phi) is 4.05. The number of hydrogen-bond donors (Lipinski definition) is 2. The van der Waals surface area contributed by atoms with Gasteiger partial charge in [-0.05, 0) is 5.56 Å². The molecule has 0 fully saturated rings. The van der Waals surface area contributed by atoms with Crippen LogP contribution in [0.2, 0.25) is 0 Å². The van der Waals surface area contributed by atoms with Gasteiger partial charge in [-0.3, -0.25) is 20.0 Å². The molecule has 0 saturated carbocycles. The predicted molar refractivity (Wildman–Crippen MR) is 94.8 cm³/mol. The highest BCUT2D eigenvalue weighted by Crippen LogP contribution is 2.26. The Balaban J connectivity index is 1.58. The SMILES string of the molecule is O=C(NCc1ccccc1)c1cc2ncc(-c3[nH]ncc3[N+](=O)[O-])cn2n1. The van der Waals surface area contributed by atoms with Gasteiger partial charge < -0.3 is 5.32 Å². The number of aromatic nitrogens is 5. The predicted octanol–water partition coefficient (Wildman–Crippen LogP) is 1.96. The summed E-state index contributed by atoms with van der Waals surface area (Å²) in [6.45, 7) is 0.382. The van der Waals surface area contributed by atoms with Crippen LogP contribution in [0.15, 0.2) is 55.0 Å². The monoisotopic (exact) mass is 363 g/mol. The first-order chi connectivity index (χ1) is 13.1. The summed E-state index contributed by atoms with van der Waals surface area (Å²) in [6, 6.07) is 11.1. The van der Waals surface area contributed by atoms with Gasteiger partial charge in [0.2, 0.25) is 0 Å². The van der Waals surface area contributed by atoms with Crippen LogP contribution in [-0.2, 0) is 6.54 Å². The first-order valence-electron chi connectivity index (χ1n) is 7.97. The van der Waals surface area contributed by atoms with E-state index >= 15 is 0 Å². The van der Waals surface area contributed by atoms with E-state index in [1.165, 1.54) is 10.7 Å². The van der Waals surface area contributed by atoms with Crippen molar-refractivity contribution in [3.8, 4) is 11.3 Å². The molecule has 27 heavy (non-hydrogen) atoms. The van der Waals surface area contributed by atoms with E-state index in [9.17, 15) is 14.9 Å². The molecule has 0 atom stereocenters. The lowest BCUT2D eigenvalue weighted by atomic mass is 10.2. The van der Waals surface area contributed by atoms with Crippen molar-refractivity contribution in [3.63, 3.8) is 0 Å². The van der Waals surface area contributed by atoms with Crippen molar-refractivity contribution in [3.05, 3.63) is 76.4 Å². The molecule has 0 spiro atoms. The molecular weight excluding hydrogens is 350 g/mol. The second-order valence-corrected chi connectivity index (χ2v) is 5.73. The molecule has 0 unspecified atom stereocenters. The van der Waals surface area contributed by atoms with Crippen molar-refractivity contribution in [1.82, 2.24) is 30.1 Å². The third-order valence-electron chi connectivity index (χ3n) is 3.95. The number of nitrogens with one attached hydrogen (secondary N) is 2. The zero-order valence-electron chi connectivity index (χ0n) is 13.9. The minimum atomic E-state index is -0.533. The quantitative estimate of drug-likeness (QED) is 0.411. The van der Waals surface area contributed by atoms with Gasteiger partial charge in [0.15, 0.2) is 11.3 Å². The number of fused-ring (bicyclic) bond motifs is 1. The lowest BCUT2D eigenvalue weighted by molar-refractivity contribution is -0.384. The van der Waals surface area contributed by atoms with E-state index in [4.69, 9.17) is 0 Å². The van der Waals surface area contributed by atoms with Gasteiger partial charge in [-0.25, -0.2) is 9.50 Å². The summed E-state index contributed by atoms with van der Waals surface area (Å²) in [6.07, 6.45) is 4.14. The molecule has 10 heteroatoms. The highest BCUT2D eigenvalue weighted by atomic mass is 16.6. The number of carbonyl (C=O) groups excluding carboxylic acids is 1. The second kappa shape index (κ2) is 6.67. The zero-order chi connectivity index (χ0) is 18.8. The highest BCUT2D eigenvalue weighted by molar-refractivity contribution is 5.93. The molecule has 0 aliphatic carbocycles. The Morgan fingerprint density at radius 1 is 1.26 bits per heavy atom. The number of nitro groups is 1. The first-order valence-corrected chi connectivity index (χ1v) is 7.97. The molecule has 1 aromatic carbocycles. The molecule has 0 aliphatic heterocycles. The topological polar surface area (TPSA) is 131 Å². The van der Waals surface area contributed by atoms with Gasteiger partial charge in [0.1, 0.15) is 11.9 Å². The fourth-order valence-electron chi connectivity index (χ4n) is 2.62. The van der Waals surface area contributed by atoms with Gasteiger partial charge in [0.05, 0.1) is 4.92 Å². The summed E-state index contributed by atoms with van der Waals surface area (Å²) in [5.41, 5.74) is 2.12. The van der Waals surface area contributed by atoms with Crippen LogP contribution < -0.4 is 5.32 Å². The van der Waals surface area contributed by atoms with Crippen LogP contribution >= 0.6 is 0 Å². The van der Waals surface area contributed by atoms with E-state index in [1.54, 1.807) is 12.3 Å². The molecule has 4 aromatic rings. The number of benzene rings is 1. The standard InChI is InChI=1S/C17H13N7O3/c25-17(19-7-11-4-2-1-3-5-11)13-6-15-18-8-12(10-23(15)22-13)16-14(24(26)27)9-20-21-16/h1-6,8-10H,7H2,(H,19,25)(H,20,21). The highest BCUT2D eigenvalue weighted by Gasteiger charge is 2.19. The summed E-state index contributed by atoms with van der Waals surface area (Å²) in [5, 5.41) is 24.3. The Labute approximate surface area is 152 Å². The molecule has 3 aromatic heterocycles. The number of aromatic amines is 1. The van der Waals surface area contributed by atoms with Gasteiger partial charge in [0, 0.05) is 30.6 Å². The number of hydrogen-bond acceptors (Lipinski definition) is 6. The Morgan fingerprint density at radius 3 is 2.85 bits per heavy atom. The van der Waals surface area contributed by atoms with Gasteiger partial charge >= 0.3 is 5.69 Å². The average molecular weight is 363 g/mol. The molecule has 2 N–H and O–H groups in total. The van der Waals surface area contributed by atoms with Crippen molar-refractivity contribution in [2.24, 2.45) is 0 Å². The van der Waals surface area contributed by atoms with Crippen LogP contribution in [0.1, 0.15) is 16.1 Å². The maximum Gasteiger partial charge on any atom is 0.314 e. The normalized spacial score (nSPS) is 10.8. The van der Waals surface area contributed by atoms with E-state index in [0.29, 0.717) is 17.8 Å². The Morgan fingerprint density at radius 2 is 2.07 bits per heavy atom. The van der Waals surface area contributed by atoms with E-state index < -0.39 is 4.92 Å². The number of carbonyl (C=O) groups is 1. The molecular formula is C17H13N7O3. The lowest BCUT2D eigenvalue weighted by Crippen LogP contribution is -2.23. The zero-order valence-corrected chi connectivity index (χ0v) is 13.9. The Hall–Kier alpha value is -4.08. The molecule has 0 saturated heterocycles. The van der Waals surface area contributed by atoms with Crippen molar-refractivity contribution in [2.75, 3.05) is 0 Å². The molecule has 1 amide bonds. The van der Waals surface area contributed by atoms with Crippen molar-refractivity contribution in [2.45, 2.75) is 6.54 Å². The van der Waals surface area contributed by atoms with Gasteiger partial charge in [-0.15, -0.1) is 0 Å². The van der Waals surface area contributed by atoms with Crippen molar-refractivity contribution < 1.29 is 9.72 Å². The minimum Gasteiger partial charge on any atom is -0.347 e. The van der Waals surface area contributed by atoms with E-state index in [0.717, 1.165) is 11.8 Å². The number of H-pyrrole nitrogens is 1. The lowest BCUT2D eigenvalue weighted by Gasteiger charge is -2.02. The van der Waals surface area contributed by atoms with E-state index in [1.807, 2.05) is 30.3 Å². The first kappa shape index (κ1) is 16.4. The smallest absolute Gasteiger partial charge is 0.314 e. The van der Waals surface area contributed by atoms with Crippen molar-refractivity contribution in [1.29, 1.82) is 0 Å². The van der Waals surface area contributed by atoms with Crippen LogP contribution in [0.25, 0.3) is 16.9 Å². The summed E-state index contributed by atoms with van der Waals surface area (Å²) < 4.78 is 1.40. The number of nitrogens with zero attached hydrogens (tertiary/aromatic N) is 5. The molecule has 4 rings (SSSR count). The molecule has 0 bridgehead atoms. The molecule has 134 valence electrons. The molecule has 0 radical (unpaired) electrons. The second-order valence-electron chi connectivity index (χ2n) is 5.73. The minimum absolute atomic E-state index is 0.163. The Bertz CT molecular complexity index is 1130. The van der Waals surface area contributed by atoms with Crippen LogP contribution in [0, 0.1) is 10.1 Å². The van der Waals surface area contributed by atoms with Gasteiger partial charge in [0.25, 0.3) is 5.91 Å². The summed E-state index contributed by atoms with van der Waals surface area (Å²) in [7, 11) is 0. The van der Waals surface area contributed by atoms with Crippen LogP contribution in [0.5, 0.6) is 0 Å². The van der Waals surface area contributed by atoms with E-state index in [2.05, 4.69) is 25.6 Å². The summed E-state index contributed by atoms with van der Waals surface area (Å²) >= 11 is 0. The third-order valence-corrected chi connectivity index (χ3v) is 3.95. The molecule has 3 heterocycles. The fourth-order valence-corrected chi connectivity index (χ4v) is 2.62. The molecule has 10 nitrogen and oxygen atoms in total. The van der Waals surface area contributed by atoms with Gasteiger partial charge in [-0.1, -0.05) is 30.3 Å². The van der Waals surface area contributed by atoms with Crippen molar-refractivity contribution >= 4 is 17.2 Å². The van der Waals surface area contributed by atoms with E-state index in [-0.39, 0.29) is 23.0 Å². The fraction of sp³-hybridized carbons (Fsp3) is 0.0588. The third kappa shape index (κ3) is 3.23. The number of rotatable bonds is 5. The maximum atomic E-state index is 12.3. The van der Waals surface area contributed by atoms with Crippen LogP contribution in [0.3, 0.4) is 0 Å². The average Bonchev–Trinajstić information content (AvgIpc) is 3.33. The molecule has 0 aliphatic rings.